The fraction of sp³-hybridized carbons (Fsp3) is 0.241. The monoisotopic (exact) mass is 569 g/mol. The van der Waals surface area contributed by atoms with Crippen LogP contribution in [0.3, 0.4) is 0 Å². The molecule has 0 bridgehead atoms. The third-order valence-electron chi connectivity index (χ3n) is 6.83. The van der Waals surface area contributed by atoms with E-state index in [4.69, 9.17) is 10.00 Å². The average Bonchev–Trinajstić information content (AvgIpc) is 3.35. The smallest absolute Gasteiger partial charge is 0.365 e. The van der Waals surface area contributed by atoms with Gasteiger partial charge in [-0.05, 0) is 35.9 Å². The highest BCUT2D eigenvalue weighted by molar-refractivity contribution is 8.14. The molecule has 1 fully saturated rings. The van der Waals surface area contributed by atoms with Gasteiger partial charge in [-0.1, -0.05) is 36.4 Å². The van der Waals surface area contributed by atoms with Gasteiger partial charge in [0.2, 0.25) is 0 Å². The van der Waals surface area contributed by atoms with Gasteiger partial charge in [0.05, 0.1) is 29.3 Å². The molecule has 5 rings (SSSR count). The van der Waals surface area contributed by atoms with Crippen molar-refractivity contribution in [3.8, 4) is 6.07 Å². The molecule has 0 unspecified atom stereocenters. The van der Waals surface area contributed by atoms with Gasteiger partial charge < -0.3 is 4.74 Å². The molecule has 40 heavy (non-hydrogen) atoms. The number of aliphatic imine (C=N–C) groups is 1. The third-order valence-corrected chi connectivity index (χ3v) is 7.93. The number of carbonyl (C=O) groups is 1. The molecule has 2 aliphatic heterocycles. The summed E-state index contributed by atoms with van der Waals surface area (Å²) in [5.41, 5.74) is -1.20. The van der Waals surface area contributed by atoms with Gasteiger partial charge >= 0.3 is 6.18 Å². The number of nitrogens with zero attached hydrogens (tertiary/aromatic N) is 3. The summed E-state index contributed by atoms with van der Waals surface area (Å²) in [6, 6.07) is 16.5. The molecule has 11 heteroatoms. The summed E-state index contributed by atoms with van der Waals surface area (Å²) in [5.74, 6) is -3.26. The van der Waals surface area contributed by atoms with Crippen molar-refractivity contribution in [3.05, 3.63) is 101 Å². The van der Waals surface area contributed by atoms with Crippen LogP contribution in [0.4, 0.5) is 22.0 Å². The van der Waals surface area contributed by atoms with Gasteiger partial charge in [0, 0.05) is 29.0 Å². The minimum Gasteiger partial charge on any atom is -0.365 e. The van der Waals surface area contributed by atoms with E-state index in [1.54, 1.807) is 30.3 Å². The number of ether oxygens (including phenoxy) is 1. The first-order chi connectivity index (χ1) is 19.1. The average molecular weight is 570 g/mol. The van der Waals surface area contributed by atoms with Crippen molar-refractivity contribution in [1.82, 2.24) is 4.98 Å². The third kappa shape index (κ3) is 5.42. The molecule has 0 saturated carbocycles. The summed E-state index contributed by atoms with van der Waals surface area (Å²) >= 11 is 1.02. The lowest BCUT2D eigenvalue weighted by atomic mass is 9.78. The highest BCUT2D eigenvalue weighted by atomic mass is 32.2. The van der Waals surface area contributed by atoms with Crippen molar-refractivity contribution in [2.24, 2.45) is 10.9 Å². The summed E-state index contributed by atoms with van der Waals surface area (Å²) in [6.45, 7) is -0.560. The molecule has 0 N–H and O–H groups in total. The highest BCUT2D eigenvalue weighted by Crippen LogP contribution is 2.52. The number of halogens is 5. The number of Topliss-reactive ketones (excluding diaryl/α,β-unsaturated/α-hetero) is 1. The number of nitriles is 1. The number of thioether (sulfide) groups is 1. The van der Waals surface area contributed by atoms with Crippen LogP contribution in [0.25, 0.3) is 11.9 Å². The molecule has 2 aliphatic rings. The number of ketones is 1. The number of aromatic nitrogens is 1. The van der Waals surface area contributed by atoms with E-state index in [2.05, 4.69) is 9.98 Å². The van der Waals surface area contributed by atoms with Gasteiger partial charge in [-0.3, -0.25) is 14.8 Å². The number of hydrogen-bond acceptors (Lipinski definition) is 6. The van der Waals surface area contributed by atoms with E-state index >= 15 is 4.39 Å². The summed E-state index contributed by atoms with van der Waals surface area (Å²) in [4.78, 5) is 21.3. The van der Waals surface area contributed by atoms with Crippen LogP contribution in [-0.4, -0.2) is 40.5 Å². The van der Waals surface area contributed by atoms with Gasteiger partial charge in [-0.2, -0.15) is 18.4 Å². The van der Waals surface area contributed by atoms with E-state index in [0.29, 0.717) is 5.56 Å². The lowest BCUT2D eigenvalue weighted by Gasteiger charge is -2.37. The normalized spacial score (nSPS) is 22.8. The first-order valence-electron chi connectivity index (χ1n) is 12.1. The maximum absolute atomic E-state index is 15.4. The summed E-state index contributed by atoms with van der Waals surface area (Å²) in [5, 5.41) is 9.17. The van der Waals surface area contributed by atoms with Gasteiger partial charge in [0.25, 0.3) is 0 Å². The van der Waals surface area contributed by atoms with Crippen LogP contribution in [0, 0.1) is 23.1 Å². The van der Waals surface area contributed by atoms with E-state index in [9.17, 15) is 22.4 Å². The van der Waals surface area contributed by atoms with E-state index < -0.39 is 42.0 Å². The van der Waals surface area contributed by atoms with Crippen molar-refractivity contribution >= 4 is 34.5 Å². The van der Waals surface area contributed by atoms with Crippen LogP contribution in [0.2, 0.25) is 0 Å². The fourth-order valence-corrected chi connectivity index (χ4v) is 6.16. The number of fused-ring (bicyclic) bond motifs is 1. The first kappa shape index (κ1) is 27.7. The van der Waals surface area contributed by atoms with Gasteiger partial charge in [0.15, 0.2) is 11.9 Å². The summed E-state index contributed by atoms with van der Waals surface area (Å²) < 4.78 is 77.3. The van der Waals surface area contributed by atoms with E-state index in [1.807, 2.05) is 6.07 Å². The van der Waals surface area contributed by atoms with E-state index in [-0.39, 0.29) is 45.4 Å². The topological polar surface area (TPSA) is 75.3 Å². The standard InChI is InChI=1S/C29H20F5N3O2S/c30-22-8-6-17(11-23(31)24-9-7-18(13-35)14-36-24)10-20(22)28-16-39-27(29(32,33)34)21(28)15-40-26(37-28)12-25(38)19-4-2-1-3-5-19/h1-11,14,21,27H,12,15-16H2/b23-11-/t21-,27+,28-/m0/s1. The molecule has 204 valence electrons. The Hall–Kier alpha value is -3.88. The molecular formula is C29H20F5N3O2S. The van der Waals surface area contributed by atoms with Crippen molar-refractivity contribution < 1.29 is 31.5 Å². The number of hydrogen-bond donors (Lipinski definition) is 0. The van der Waals surface area contributed by atoms with Crippen LogP contribution >= 0.6 is 11.8 Å². The van der Waals surface area contributed by atoms with Crippen LogP contribution in [-0.2, 0) is 10.3 Å². The quantitative estimate of drug-likeness (QED) is 0.243. The molecule has 3 aromatic rings. The largest absolute Gasteiger partial charge is 0.415 e. The number of benzene rings is 2. The number of pyridine rings is 1. The maximum Gasteiger partial charge on any atom is 0.415 e. The number of rotatable bonds is 6. The molecule has 2 aromatic carbocycles. The van der Waals surface area contributed by atoms with E-state index in [0.717, 1.165) is 23.9 Å². The van der Waals surface area contributed by atoms with Crippen LogP contribution in [0.1, 0.15) is 39.2 Å². The van der Waals surface area contributed by atoms with Gasteiger partial charge in [-0.25, -0.2) is 8.78 Å². The fourth-order valence-electron chi connectivity index (χ4n) is 4.87. The van der Waals surface area contributed by atoms with Crippen molar-refractivity contribution in [3.63, 3.8) is 0 Å². The first-order valence-corrected chi connectivity index (χ1v) is 13.1. The maximum atomic E-state index is 15.4. The minimum absolute atomic E-state index is 0.0731. The zero-order chi connectivity index (χ0) is 28.5. The summed E-state index contributed by atoms with van der Waals surface area (Å²) in [7, 11) is 0. The number of carbonyl (C=O) groups excluding carboxylic acids is 1. The summed E-state index contributed by atoms with van der Waals surface area (Å²) in [6.07, 6.45) is -4.81. The lowest BCUT2D eigenvalue weighted by molar-refractivity contribution is -0.215. The SMILES string of the molecule is N#Cc1ccc(/C(F)=C/c2ccc(F)c([C@@]34CO[C@@H](C(F)(F)F)[C@@H]3CSC(CC(=O)c3ccccc3)=N4)c2)nc1. The zero-order valence-electron chi connectivity index (χ0n) is 20.7. The molecule has 3 atom stereocenters. The lowest BCUT2D eigenvalue weighted by Crippen LogP contribution is -2.45. The Balaban J connectivity index is 1.55. The molecule has 1 saturated heterocycles. The Labute approximate surface area is 230 Å². The molecule has 0 amide bonds. The highest BCUT2D eigenvalue weighted by Gasteiger charge is 2.62. The second kappa shape index (κ2) is 10.9. The Bertz CT molecular complexity index is 1530. The van der Waals surface area contributed by atoms with Crippen LogP contribution in [0.5, 0.6) is 0 Å². The van der Waals surface area contributed by atoms with Crippen molar-refractivity contribution in [1.29, 1.82) is 5.26 Å². The van der Waals surface area contributed by atoms with Crippen molar-refractivity contribution in [2.45, 2.75) is 24.2 Å². The molecule has 0 radical (unpaired) electrons. The second-order valence-electron chi connectivity index (χ2n) is 9.36. The zero-order valence-corrected chi connectivity index (χ0v) is 21.5. The Morgan fingerprint density at radius 2 is 1.95 bits per heavy atom. The molecule has 0 aliphatic carbocycles. The molecule has 1 aromatic heterocycles. The molecule has 3 heterocycles. The van der Waals surface area contributed by atoms with Gasteiger partial charge in [-0.15, -0.1) is 11.8 Å². The molecular weight excluding hydrogens is 549 g/mol. The molecule has 0 spiro atoms. The van der Waals surface area contributed by atoms with Crippen molar-refractivity contribution in [2.75, 3.05) is 12.4 Å². The Kier molecular flexibility index (Phi) is 7.57. The second-order valence-corrected chi connectivity index (χ2v) is 10.5. The predicted octanol–water partition coefficient (Wildman–Crippen LogP) is 6.75. The van der Waals surface area contributed by atoms with Crippen LogP contribution < -0.4 is 0 Å². The Morgan fingerprint density at radius 3 is 2.62 bits per heavy atom. The van der Waals surface area contributed by atoms with Crippen LogP contribution in [0.15, 0.2) is 71.9 Å². The Morgan fingerprint density at radius 1 is 1.18 bits per heavy atom. The predicted molar refractivity (Wildman–Crippen MR) is 141 cm³/mol. The van der Waals surface area contributed by atoms with E-state index in [1.165, 1.54) is 30.5 Å². The molecule has 5 nitrogen and oxygen atoms in total. The van der Waals surface area contributed by atoms with Gasteiger partial charge in [0.1, 0.15) is 23.3 Å². The number of alkyl halides is 3. The minimum atomic E-state index is -4.72.